The highest BCUT2D eigenvalue weighted by atomic mass is 32.2. The van der Waals surface area contributed by atoms with Crippen molar-refractivity contribution >= 4 is 40.9 Å². The molecule has 0 spiro atoms. The molecule has 3 amide bonds. The number of hydrogen-bond acceptors (Lipinski definition) is 4. The Morgan fingerprint density at radius 1 is 1.24 bits per heavy atom. The SMILES string of the molecule is CSc1cccc(NC(=O)CN2C(=O)[C@@H]3CCCN3C(=O)c3ccc(F)cc32)c1. The van der Waals surface area contributed by atoms with Gasteiger partial charge in [-0.25, -0.2) is 4.39 Å². The van der Waals surface area contributed by atoms with Crippen LogP contribution in [0, 0.1) is 5.82 Å². The zero-order valence-electron chi connectivity index (χ0n) is 15.9. The van der Waals surface area contributed by atoms with Crippen LogP contribution in [0.5, 0.6) is 0 Å². The largest absolute Gasteiger partial charge is 0.327 e. The molecule has 1 fully saturated rings. The molecular formula is C21H20FN3O3S. The molecule has 1 N–H and O–H groups in total. The van der Waals surface area contributed by atoms with Gasteiger partial charge in [0.05, 0.1) is 11.3 Å². The van der Waals surface area contributed by atoms with Crippen molar-refractivity contribution in [3.05, 3.63) is 53.8 Å². The molecule has 2 heterocycles. The minimum absolute atomic E-state index is 0.141. The summed E-state index contributed by atoms with van der Waals surface area (Å²) < 4.78 is 13.9. The maximum absolute atomic E-state index is 13.9. The van der Waals surface area contributed by atoms with Crippen LogP contribution in [0.2, 0.25) is 0 Å². The fourth-order valence-corrected chi connectivity index (χ4v) is 4.30. The summed E-state index contributed by atoms with van der Waals surface area (Å²) in [5, 5.41) is 2.78. The summed E-state index contributed by atoms with van der Waals surface area (Å²) in [6.45, 7) is 0.184. The van der Waals surface area contributed by atoms with Gasteiger partial charge in [0, 0.05) is 17.1 Å². The zero-order chi connectivity index (χ0) is 20.5. The first-order chi connectivity index (χ1) is 14.0. The van der Waals surface area contributed by atoms with Crippen molar-refractivity contribution in [2.45, 2.75) is 23.8 Å². The number of hydrogen-bond donors (Lipinski definition) is 1. The van der Waals surface area contributed by atoms with Gasteiger partial charge < -0.3 is 15.1 Å². The minimum atomic E-state index is -0.620. The van der Waals surface area contributed by atoms with Gasteiger partial charge in [0.1, 0.15) is 18.4 Å². The Hall–Kier alpha value is -2.87. The van der Waals surface area contributed by atoms with Crippen molar-refractivity contribution in [3.63, 3.8) is 0 Å². The summed E-state index contributed by atoms with van der Waals surface area (Å²) in [7, 11) is 0. The standard InChI is InChI=1S/C21H20FN3O3S/c1-29-15-5-2-4-14(11-15)23-19(26)12-25-18-10-13(22)7-8-16(18)20(27)24-9-3-6-17(24)21(25)28/h2,4-5,7-8,10-11,17H,3,6,9,12H2,1H3,(H,23,26)/t17-/m0/s1. The number of benzene rings is 2. The summed E-state index contributed by atoms with van der Waals surface area (Å²) in [4.78, 5) is 42.5. The van der Waals surface area contributed by atoms with Crippen LogP contribution in [0.3, 0.4) is 0 Å². The molecule has 0 bridgehead atoms. The zero-order valence-corrected chi connectivity index (χ0v) is 16.7. The highest BCUT2D eigenvalue weighted by molar-refractivity contribution is 7.98. The van der Waals surface area contributed by atoms with E-state index in [1.54, 1.807) is 17.8 Å². The molecule has 0 saturated carbocycles. The van der Waals surface area contributed by atoms with E-state index in [1.807, 2.05) is 24.5 Å². The van der Waals surface area contributed by atoms with E-state index in [0.717, 1.165) is 17.4 Å². The van der Waals surface area contributed by atoms with Crippen LogP contribution in [0.25, 0.3) is 0 Å². The Kier molecular flexibility index (Phi) is 5.27. The molecule has 0 aromatic heterocycles. The number of carbonyl (C=O) groups excluding carboxylic acids is 3. The second kappa shape index (κ2) is 7.87. The number of halogens is 1. The number of rotatable bonds is 4. The van der Waals surface area contributed by atoms with Gasteiger partial charge in [-0.05, 0) is 55.5 Å². The van der Waals surface area contributed by atoms with E-state index in [1.165, 1.54) is 21.9 Å². The molecule has 2 aromatic rings. The van der Waals surface area contributed by atoms with E-state index in [4.69, 9.17) is 0 Å². The Labute approximate surface area is 172 Å². The van der Waals surface area contributed by atoms with Gasteiger partial charge in [0.2, 0.25) is 11.8 Å². The van der Waals surface area contributed by atoms with E-state index < -0.39 is 17.8 Å². The van der Waals surface area contributed by atoms with Crippen LogP contribution in [-0.4, -0.2) is 48.0 Å². The molecule has 2 aliphatic heterocycles. The Morgan fingerprint density at radius 2 is 2.07 bits per heavy atom. The third-order valence-electron chi connectivity index (χ3n) is 5.20. The Bertz CT molecular complexity index is 997. The van der Waals surface area contributed by atoms with Gasteiger partial charge in [-0.3, -0.25) is 14.4 Å². The molecule has 2 aromatic carbocycles. The lowest BCUT2D eigenvalue weighted by Gasteiger charge is -2.25. The molecular weight excluding hydrogens is 393 g/mol. The number of thioether (sulfide) groups is 1. The predicted octanol–water partition coefficient (Wildman–Crippen LogP) is 3.14. The van der Waals surface area contributed by atoms with Crippen molar-refractivity contribution in [2.75, 3.05) is 29.6 Å². The maximum Gasteiger partial charge on any atom is 0.256 e. The van der Waals surface area contributed by atoms with Gasteiger partial charge in [-0.2, -0.15) is 0 Å². The van der Waals surface area contributed by atoms with Gasteiger partial charge in [-0.1, -0.05) is 6.07 Å². The number of nitrogens with one attached hydrogen (secondary N) is 1. The monoisotopic (exact) mass is 413 g/mol. The molecule has 4 rings (SSSR count). The molecule has 150 valence electrons. The van der Waals surface area contributed by atoms with Crippen LogP contribution < -0.4 is 10.2 Å². The van der Waals surface area contributed by atoms with E-state index in [9.17, 15) is 18.8 Å². The van der Waals surface area contributed by atoms with Crippen LogP contribution in [-0.2, 0) is 9.59 Å². The number of anilines is 2. The quantitative estimate of drug-likeness (QED) is 0.782. The van der Waals surface area contributed by atoms with Crippen molar-refractivity contribution in [1.82, 2.24) is 4.90 Å². The van der Waals surface area contributed by atoms with Gasteiger partial charge in [0.25, 0.3) is 5.91 Å². The summed E-state index contributed by atoms with van der Waals surface area (Å²) in [5.74, 6) is -1.63. The third kappa shape index (κ3) is 3.72. The van der Waals surface area contributed by atoms with E-state index in [2.05, 4.69) is 5.32 Å². The second-order valence-corrected chi connectivity index (χ2v) is 7.90. The topological polar surface area (TPSA) is 69.7 Å². The lowest BCUT2D eigenvalue weighted by atomic mass is 10.1. The minimum Gasteiger partial charge on any atom is -0.327 e. The molecule has 0 radical (unpaired) electrons. The number of nitrogens with zero attached hydrogens (tertiary/aromatic N) is 2. The highest BCUT2D eigenvalue weighted by Gasteiger charge is 2.42. The fourth-order valence-electron chi connectivity index (χ4n) is 3.84. The first-order valence-electron chi connectivity index (χ1n) is 9.34. The summed E-state index contributed by atoms with van der Waals surface area (Å²) in [6, 6.07) is 10.5. The third-order valence-corrected chi connectivity index (χ3v) is 5.93. The molecule has 6 nitrogen and oxygen atoms in total. The molecule has 1 saturated heterocycles. The van der Waals surface area contributed by atoms with Crippen LogP contribution >= 0.6 is 11.8 Å². The lowest BCUT2D eigenvalue weighted by molar-refractivity contribution is -0.124. The molecule has 2 aliphatic rings. The molecule has 0 unspecified atom stereocenters. The van der Waals surface area contributed by atoms with Crippen molar-refractivity contribution in [3.8, 4) is 0 Å². The van der Waals surface area contributed by atoms with Gasteiger partial charge in [-0.15, -0.1) is 11.8 Å². The molecule has 0 aliphatic carbocycles. The van der Waals surface area contributed by atoms with Crippen LogP contribution in [0.15, 0.2) is 47.4 Å². The molecule has 8 heteroatoms. The van der Waals surface area contributed by atoms with Crippen molar-refractivity contribution in [1.29, 1.82) is 0 Å². The Balaban J connectivity index is 1.64. The molecule has 1 atom stereocenters. The van der Waals surface area contributed by atoms with E-state index >= 15 is 0 Å². The lowest BCUT2D eigenvalue weighted by Crippen LogP contribution is -2.47. The fraction of sp³-hybridized carbons (Fsp3) is 0.286. The highest BCUT2D eigenvalue weighted by Crippen LogP contribution is 2.33. The van der Waals surface area contributed by atoms with Crippen LogP contribution in [0.1, 0.15) is 23.2 Å². The predicted molar refractivity (Wildman–Crippen MR) is 110 cm³/mol. The van der Waals surface area contributed by atoms with E-state index in [-0.39, 0.29) is 29.6 Å². The second-order valence-electron chi connectivity index (χ2n) is 7.02. The smallest absolute Gasteiger partial charge is 0.256 e. The Morgan fingerprint density at radius 3 is 2.86 bits per heavy atom. The van der Waals surface area contributed by atoms with E-state index in [0.29, 0.717) is 18.7 Å². The summed E-state index contributed by atoms with van der Waals surface area (Å²) in [5.41, 5.74) is 0.992. The van der Waals surface area contributed by atoms with Crippen LogP contribution in [0.4, 0.5) is 15.8 Å². The first kappa shape index (κ1) is 19.4. The van der Waals surface area contributed by atoms with Gasteiger partial charge >= 0.3 is 0 Å². The molecule has 29 heavy (non-hydrogen) atoms. The first-order valence-corrected chi connectivity index (χ1v) is 10.6. The normalized spacial score (nSPS) is 18.3. The van der Waals surface area contributed by atoms with Crippen molar-refractivity contribution in [2.24, 2.45) is 0 Å². The number of amides is 3. The average molecular weight is 413 g/mol. The summed E-state index contributed by atoms with van der Waals surface area (Å²) in [6.07, 6.45) is 3.20. The number of carbonyl (C=O) groups is 3. The summed E-state index contributed by atoms with van der Waals surface area (Å²) >= 11 is 1.55. The van der Waals surface area contributed by atoms with Gasteiger partial charge in [0.15, 0.2) is 0 Å². The van der Waals surface area contributed by atoms with Crippen molar-refractivity contribution < 1.29 is 18.8 Å². The maximum atomic E-state index is 13.9. The number of fused-ring (bicyclic) bond motifs is 2. The average Bonchev–Trinajstić information content (AvgIpc) is 3.18.